The van der Waals surface area contributed by atoms with Crippen molar-refractivity contribution < 1.29 is 0 Å². The van der Waals surface area contributed by atoms with Crippen molar-refractivity contribution in [2.24, 2.45) is 0 Å². The minimum absolute atomic E-state index is 0.0985. The summed E-state index contributed by atoms with van der Waals surface area (Å²) >= 11 is 8.33. The molecule has 0 aliphatic heterocycles. The summed E-state index contributed by atoms with van der Waals surface area (Å²) in [6, 6.07) is 12.8. The Balaban J connectivity index is 2.11. The van der Waals surface area contributed by atoms with Gasteiger partial charge in [-0.1, -0.05) is 31.2 Å². The molecule has 0 radical (unpaired) electrons. The fraction of sp³-hybridized carbons (Fsp3) is 0.333. The van der Waals surface area contributed by atoms with Gasteiger partial charge in [0.1, 0.15) is 0 Å². The summed E-state index contributed by atoms with van der Waals surface area (Å²) in [4.78, 5) is 2.70. The van der Waals surface area contributed by atoms with Crippen LogP contribution in [0, 0.1) is 6.92 Å². The smallest absolute Gasteiger partial charge is 0.0719 e. The Kier molecular flexibility index (Phi) is 4.25. The van der Waals surface area contributed by atoms with Crippen LogP contribution < -0.4 is 0 Å². The van der Waals surface area contributed by atoms with Crippen LogP contribution in [0.3, 0.4) is 0 Å². The summed E-state index contributed by atoms with van der Waals surface area (Å²) in [5, 5.41) is 0.0985. The second kappa shape index (κ2) is 5.70. The average molecular weight is 265 g/mol. The number of hydrogen-bond acceptors (Lipinski definition) is 1. The maximum atomic E-state index is 6.49. The standard InChI is InChI=1S/C15H17ClS/c1-3-13-8-9-15(17-13)14(16)10-12-7-5-4-6-11(12)2/h4-9,14H,3,10H2,1-2H3. The molecule has 90 valence electrons. The van der Waals surface area contributed by atoms with Crippen molar-refractivity contribution in [3.8, 4) is 0 Å². The molecular weight excluding hydrogens is 248 g/mol. The van der Waals surface area contributed by atoms with E-state index in [4.69, 9.17) is 11.6 Å². The lowest BCUT2D eigenvalue weighted by molar-refractivity contribution is 0.930. The van der Waals surface area contributed by atoms with Gasteiger partial charge in [0.15, 0.2) is 0 Å². The zero-order chi connectivity index (χ0) is 12.3. The lowest BCUT2D eigenvalue weighted by atomic mass is 10.0. The highest BCUT2D eigenvalue weighted by molar-refractivity contribution is 7.12. The van der Waals surface area contributed by atoms with Crippen LogP contribution in [-0.2, 0) is 12.8 Å². The summed E-state index contributed by atoms with van der Waals surface area (Å²) in [5.41, 5.74) is 2.67. The first-order valence-electron chi connectivity index (χ1n) is 5.98. The highest BCUT2D eigenvalue weighted by Crippen LogP contribution is 2.31. The molecule has 0 nitrogen and oxygen atoms in total. The molecule has 17 heavy (non-hydrogen) atoms. The van der Waals surface area contributed by atoms with E-state index in [0.717, 1.165) is 12.8 Å². The lowest BCUT2D eigenvalue weighted by Gasteiger charge is -2.09. The van der Waals surface area contributed by atoms with Crippen molar-refractivity contribution >= 4 is 22.9 Å². The van der Waals surface area contributed by atoms with E-state index in [2.05, 4.69) is 50.2 Å². The fourth-order valence-electron chi connectivity index (χ4n) is 1.89. The Morgan fingerprint density at radius 2 is 1.94 bits per heavy atom. The van der Waals surface area contributed by atoms with E-state index in [1.807, 2.05) is 11.3 Å². The highest BCUT2D eigenvalue weighted by Gasteiger charge is 2.12. The number of hydrogen-bond donors (Lipinski definition) is 0. The molecule has 0 amide bonds. The van der Waals surface area contributed by atoms with E-state index in [1.54, 1.807) is 0 Å². The molecule has 2 heteroatoms. The van der Waals surface area contributed by atoms with Crippen molar-refractivity contribution in [3.05, 3.63) is 57.3 Å². The third-order valence-electron chi connectivity index (χ3n) is 3.00. The second-order valence-corrected chi connectivity index (χ2v) is 5.98. The molecule has 2 rings (SSSR count). The van der Waals surface area contributed by atoms with E-state index < -0.39 is 0 Å². The zero-order valence-corrected chi connectivity index (χ0v) is 11.8. The summed E-state index contributed by atoms with van der Waals surface area (Å²) < 4.78 is 0. The van der Waals surface area contributed by atoms with Gasteiger partial charge in [-0.2, -0.15) is 0 Å². The fourth-order valence-corrected chi connectivity index (χ4v) is 3.19. The minimum Gasteiger partial charge on any atom is -0.144 e. The third kappa shape index (κ3) is 3.11. The Hall–Kier alpha value is -0.790. The minimum atomic E-state index is 0.0985. The molecule has 2 aromatic rings. The number of thiophene rings is 1. The average Bonchev–Trinajstić information content (AvgIpc) is 2.81. The molecule has 1 unspecified atom stereocenters. The number of halogens is 1. The Morgan fingerprint density at radius 3 is 2.59 bits per heavy atom. The van der Waals surface area contributed by atoms with Crippen molar-refractivity contribution in [1.82, 2.24) is 0 Å². The molecule has 0 aliphatic carbocycles. The normalized spacial score (nSPS) is 12.6. The van der Waals surface area contributed by atoms with Crippen LogP contribution in [0.25, 0.3) is 0 Å². The monoisotopic (exact) mass is 264 g/mol. The van der Waals surface area contributed by atoms with Gasteiger partial charge in [-0.15, -0.1) is 22.9 Å². The van der Waals surface area contributed by atoms with Crippen LogP contribution in [0.1, 0.15) is 33.2 Å². The maximum absolute atomic E-state index is 6.49. The van der Waals surface area contributed by atoms with E-state index in [0.29, 0.717) is 0 Å². The third-order valence-corrected chi connectivity index (χ3v) is 4.86. The molecule has 0 saturated heterocycles. The molecule has 0 spiro atoms. The maximum Gasteiger partial charge on any atom is 0.0719 e. The number of rotatable bonds is 4. The summed E-state index contributed by atoms with van der Waals surface area (Å²) in [7, 11) is 0. The number of alkyl halides is 1. The highest BCUT2D eigenvalue weighted by atomic mass is 35.5. The molecule has 1 heterocycles. The molecule has 0 N–H and O–H groups in total. The first-order valence-corrected chi connectivity index (χ1v) is 7.23. The Bertz CT molecular complexity index is 487. The van der Waals surface area contributed by atoms with Gasteiger partial charge in [0.05, 0.1) is 5.38 Å². The van der Waals surface area contributed by atoms with Gasteiger partial charge in [-0.25, -0.2) is 0 Å². The lowest BCUT2D eigenvalue weighted by Crippen LogP contribution is -1.95. The van der Waals surface area contributed by atoms with Gasteiger partial charge in [0.25, 0.3) is 0 Å². The summed E-state index contributed by atoms with van der Waals surface area (Å²) in [6.07, 6.45) is 2.01. The molecule has 1 aromatic heterocycles. The van der Waals surface area contributed by atoms with Crippen molar-refractivity contribution in [3.63, 3.8) is 0 Å². The molecule has 1 atom stereocenters. The van der Waals surface area contributed by atoms with E-state index in [9.17, 15) is 0 Å². The van der Waals surface area contributed by atoms with Crippen LogP contribution in [0.15, 0.2) is 36.4 Å². The van der Waals surface area contributed by atoms with Gasteiger partial charge in [-0.05, 0) is 43.0 Å². The number of benzene rings is 1. The largest absolute Gasteiger partial charge is 0.144 e. The van der Waals surface area contributed by atoms with Gasteiger partial charge in [0.2, 0.25) is 0 Å². The van der Waals surface area contributed by atoms with Gasteiger partial charge in [0, 0.05) is 9.75 Å². The van der Waals surface area contributed by atoms with E-state index in [1.165, 1.54) is 20.9 Å². The predicted octanol–water partition coefficient (Wildman–Crippen LogP) is 5.14. The van der Waals surface area contributed by atoms with Crippen molar-refractivity contribution in [1.29, 1.82) is 0 Å². The quantitative estimate of drug-likeness (QED) is 0.671. The molecule has 0 aliphatic rings. The zero-order valence-electron chi connectivity index (χ0n) is 10.2. The Morgan fingerprint density at radius 1 is 1.18 bits per heavy atom. The van der Waals surface area contributed by atoms with Crippen LogP contribution in [0.5, 0.6) is 0 Å². The van der Waals surface area contributed by atoms with Crippen LogP contribution in [0.2, 0.25) is 0 Å². The molecule has 0 fully saturated rings. The van der Waals surface area contributed by atoms with Crippen molar-refractivity contribution in [2.75, 3.05) is 0 Å². The number of aryl methyl sites for hydroxylation is 2. The van der Waals surface area contributed by atoms with Crippen LogP contribution in [0.4, 0.5) is 0 Å². The Labute approximate surface area is 112 Å². The molecule has 1 aromatic carbocycles. The molecular formula is C15H17ClS. The van der Waals surface area contributed by atoms with Gasteiger partial charge in [-0.3, -0.25) is 0 Å². The summed E-state index contributed by atoms with van der Waals surface area (Å²) in [5.74, 6) is 0. The SMILES string of the molecule is CCc1ccc(C(Cl)Cc2ccccc2C)s1. The van der Waals surface area contributed by atoms with E-state index >= 15 is 0 Å². The topological polar surface area (TPSA) is 0 Å². The summed E-state index contributed by atoms with van der Waals surface area (Å²) in [6.45, 7) is 4.32. The first-order chi connectivity index (χ1) is 8.20. The van der Waals surface area contributed by atoms with E-state index in [-0.39, 0.29) is 5.38 Å². The first kappa shape index (κ1) is 12.7. The molecule has 0 saturated carbocycles. The second-order valence-electron chi connectivity index (χ2n) is 4.26. The van der Waals surface area contributed by atoms with Gasteiger partial charge >= 0.3 is 0 Å². The van der Waals surface area contributed by atoms with Crippen LogP contribution in [-0.4, -0.2) is 0 Å². The van der Waals surface area contributed by atoms with Crippen molar-refractivity contribution in [2.45, 2.75) is 32.1 Å². The van der Waals surface area contributed by atoms with Crippen LogP contribution >= 0.6 is 22.9 Å². The molecule has 0 bridgehead atoms. The van der Waals surface area contributed by atoms with Gasteiger partial charge < -0.3 is 0 Å². The predicted molar refractivity (Wildman–Crippen MR) is 77.2 cm³/mol.